The molecule has 3 aromatic carbocycles. The van der Waals surface area contributed by atoms with Gasteiger partial charge in [0.15, 0.2) is 0 Å². The van der Waals surface area contributed by atoms with Crippen molar-refractivity contribution in [2.24, 2.45) is 0 Å². The Morgan fingerprint density at radius 1 is 0.659 bits per heavy atom. The smallest absolute Gasteiger partial charge is 0.145 e. The molecule has 2 atom stereocenters. The van der Waals surface area contributed by atoms with Crippen LogP contribution in [0.5, 0.6) is 11.5 Å². The highest BCUT2D eigenvalue weighted by molar-refractivity contribution is 6.01. The summed E-state index contributed by atoms with van der Waals surface area (Å²) in [6, 6.07) is 16.7. The summed E-state index contributed by atoms with van der Waals surface area (Å²) >= 11 is 0. The molecule has 0 saturated heterocycles. The Balaban J connectivity index is 1.74. The van der Waals surface area contributed by atoms with Crippen LogP contribution in [-0.2, 0) is 4.74 Å². The van der Waals surface area contributed by atoms with Crippen molar-refractivity contribution in [3.8, 4) is 23.6 Å². The van der Waals surface area contributed by atoms with Gasteiger partial charge in [0, 0.05) is 11.1 Å². The average Bonchev–Trinajstić information content (AvgIpc) is 3.55. The van der Waals surface area contributed by atoms with Crippen LogP contribution in [0.1, 0.15) is 98.0 Å². The van der Waals surface area contributed by atoms with Crippen LogP contribution in [-0.4, -0.2) is 13.2 Å². The minimum absolute atomic E-state index is 0.131. The molecule has 0 aromatic heterocycles. The van der Waals surface area contributed by atoms with E-state index < -0.39 is 12.2 Å². The van der Waals surface area contributed by atoms with Crippen LogP contribution >= 0.6 is 0 Å². The number of ether oxygens (including phenoxy) is 3. The summed E-state index contributed by atoms with van der Waals surface area (Å²) < 4.78 is 47.1. The summed E-state index contributed by atoms with van der Waals surface area (Å²) in [7, 11) is 0. The monoisotopic (exact) mass is 554 g/mol. The molecule has 0 radical (unpaired) electrons. The first kappa shape index (κ1) is 28.3. The lowest BCUT2D eigenvalue weighted by Crippen LogP contribution is -2.14. The Labute approximate surface area is 239 Å². The van der Waals surface area contributed by atoms with Crippen LogP contribution in [0.3, 0.4) is 0 Å². The van der Waals surface area contributed by atoms with Gasteiger partial charge in [-0.2, -0.15) is 10.5 Å². The maximum Gasteiger partial charge on any atom is 0.145 e. The Bertz CT molecular complexity index is 1420. The lowest BCUT2D eigenvalue weighted by atomic mass is 9.78. The van der Waals surface area contributed by atoms with Gasteiger partial charge in [0.05, 0.1) is 13.2 Å². The fraction of sp³-hybridized carbons (Fsp3) is 0.353. The first-order chi connectivity index (χ1) is 20.0. The van der Waals surface area contributed by atoms with Crippen molar-refractivity contribution in [1.29, 1.82) is 10.5 Å². The van der Waals surface area contributed by atoms with Gasteiger partial charge in [0.2, 0.25) is 0 Å². The molecule has 210 valence electrons. The Kier molecular flexibility index (Phi) is 8.67. The summed E-state index contributed by atoms with van der Waals surface area (Å²) in [6.07, 6.45) is 4.23. The van der Waals surface area contributed by atoms with Gasteiger partial charge in [-0.15, -0.1) is 0 Å². The minimum Gasteiger partial charge on any atom is -0.492 e. The third-order valence-electron chi connectivity index (χ3n) is 7.62. The number of rotatable bonds is 12. The molecule has 0 spiro atoms. The van der Waals surface area contributed by atoms with E-state index in [0.717, 1.165) is 60.8 Å². The molecule has 5 nitrogen and oxygen atoms in total. The Morgan fingerprint density at radius 3 is 1.39 bits per heavy atom. The highest BCUT2D eigenvalue weighted by atomic mass is 19.1. The molecule has 7 heteroatoms. The lowest BCUT2D eigenvalue weighted by Gasteiger charge is -2.26. The van der Waals surface area contributed by atoms with Gasteiger partial charge in [-0.05, 0) is 59.4 Å². The summed E-state index contributed by atoms with van der Waals surface area (Å²) in [5.41, 5.74) is 4.66. The number of nitriles is 2. The molecule has 0 saturated carbocycles. The van der Waals surface area contributed by atoms with E-state index in [4.69, 9.17) is 14.2 Å². The molecular weight excluding hydrogens is 522 g/mol. The van der Waals surface area contributed by atoms with E-state index in [1.54, 1.807) is 24.3 Å². The van der Waals surface area contributed by atoms with Crippen LogP contribution < -0.4 is 9.47 Å². The molecule has 5 rings (SSSR count). The third kappa shape index (κ3) is 5.31. The van der Waals surface area contributed by atoms with Gasteiger partial charge in [-0.25, -0.2) is 8.78 Å². The van der Waals surface area contributed by atoms with E-state index in [2.05, 4.69) is 26.0 Å². The molecule has 3 aromatic rings. The Morgan fingerprint density at radius 2 is 1.05 bits per heavy atom. The number of fused-ring (bicyclic) bond motifs is 5. The van der Waals surface area contributed by atoms with Crippen LogP contribution in [0.15, 0.2) is 48.5 Å². The maximum atomic E-state index is 13.9. The molecule has 2 heterocycles. The average molecular weight is 555 g/mol. The second-order valence-corrected chi connectivity index (χ2v) is 10.3. The molecule has 0 aliphatic carbocycles. The van der Waals surface area contributed by atoms with Crippen LogP contribution in [0.2, 0.25) is 0 Å². The quantitative estimate of drug-likeness (QED) is 0.210. The van der Waals surface area contributed by atoms with Crippen molar-refractivity contribution in [3.63, 3.8) is 0 Å². The van der Waals surface area contributed by atoms with Gasteiger partial charge in [-0.3, -0.25) is 0 Å². The summed E-state index contributed by atoms with van der Waals surface area (Å²) in [4.78, 5) is 0. The summed E-state index contributed by atoms with van der Waals surface area (Å²) in [5.74, 6) is -0.0618. The standard InChI is InChI=1S/C34H32F2N2O3/c1-3-5-7-17-39-31-25(19-37)26(20-38)32(40-18-8-6-4-2)30-29(31)33-27(21-9-13-23(35)14-10-21)28(34(30)41-33)22-11-15-24(36)16-12-22/h9-16,33-34H,3-8,17-18H2,1-2H3. The second-order valence-electron chi connectivity index (χ2n) is 10.3. The molecule has 41 heavy (non-hydrogen) atoms. The lowest BCUT2D eigenvalue weighted by molar-refractivity contribution is 0.0931. The van der Waals surface area contributed by atoms with E-state index in [-0.39, 0.29) is 22.8 Å². The van der Waals surface area contributed by atoms with E-state index >= 15 is 0 Å². The Hall–Kier alpha value is -4.20. The van der Waals surface area contributed by atoms with Crippen molar-refractivity contribution in [2.45, 2.75) is 64.6 Å². The number of benzene rings is 3. The first-order valence-electron chi connectivity index (χ1n) is 14.2. The molecule has 2 unspecified atom stereocenters. The summed E-state index contributed by atoms with van der Waals surface area (Å²) in [5, 5.41) is 20.5. The van der Waals surface area contributed by atoms with Gasteiger partial charge >= 0.3 is 0 Å². The first-order valence-corrected chi connectivity index (χ1v) is 14.2. The maximum absolute atomic E-state index is 13.9. The normalized spacial score (nSPS) is 16.8. The number of hydrogen-bond donors (Lipinski definition) is 0. The summed E-state index contributed by atoms with van der Waals surface area (Å²) in [6.45, 7) is 4.96. The highest BCUT2D eigenvalue weighted by Gasteiger charge is 2.51. The molecule has 2 aliphatic rings. The number of hydrogen-bond acceptors (Lipinski definition) is 5. The predicted molar refractivity (Wildman–Crippen MR) is 152 cm³/mol. The zero-order valence-electron chi connectivity index (χ0n) is 23.3. The predicted octanol–water partition coefficient (Wildman–Crippen LogP) is 8.58. The fourth-order valence-electron chi connectivity index (χ4n) is 5.68. The van der Waals surface area contributed by atoms with Crippen molar-refractivity contribution in [2.75, 3.05) is 13.2 Å². The molecular formula is C34H32F2N2O3. The second kappa shape index (κ2) is 12.5. The molecule has 0 N–H and O–H groups in total. The van der Waals surface area contributed by atoms with E-state index in [9.17, 15) is 19.3 Å². The van der Waals surface area contributed by atoms with Crippen LogP contribution in [0, 0.1) is 34.3 Å². The number of nitrogens with zero attached hydrogens (tertiary/aromatic N) is 2. The minimum atomic E-state index is -0.653. The van der Waals surface area contributed by atoms with E-state index in [0.29, 0.717) is 35.8 Å². The number of halogens is 2. The van der Waals surface area contributed by atoms with Crippen LogP contribution in [0.4, 0.5) is 8.78 Å². The molecule has 0 amide bonds. The highest BCUT2D eigenvalue weighted by Crippen LogP contribution is 2.65. The van der Waals surface area contributed by atoms with Crippen molar-refractivity contribution in [3.05, 3.63) is 93.5 Å². The van der Waals surface area contributed by atoms with Gasteiger partial charge < -0.3 is 14.2 Å². The SMILES string of the molecule is CCCCCOc1c(C#N)c(C#N)c(OCCCCC)c2c1C1OC2C(c2ccc(F)cc2)=C1c1ccc(F)cc1. The molecule has 0 fully saturated rings. The van der Waals surface area contributed by atoms with Crippen molar-refractivity contribution < 1.29 is 23.0 Å². The topological polar surface area (TPSA) is 75.3 Å². The zero-order valence-corrected chi connectivity index (χ0v) is 23.3. The van der Waals surface area contributed by atoms with Crippen LogP contribution in [0.25, 0.3) is 11.1 Å². The van der Waals surface area contributed by atoms with Crippen molar-refractivity contribution >= 4 is 11.1 Å². The molecule has 2 aliphatic heterocycles. The van der Waals surface area contributed by atoms with Gasteiger partial charge in [-0.1, -0.05) is 63.8 Å². The van der Waals surface area contributed by atoms with E-state index in [1.807, 2.05) is 0 Å². The van der Waals surface area contributed by atoms with Crippen molar-refractivity contribution in [1.82, 2.24) is 0 Å². The third-order valence-corrected chi connectivity index (χ3v) is 7.62. The fourth-order valence-corrected chi connectivity index (χ4v) is 5.68. The van der Waals surface area contributed by atoms with Gasteiger partial charge in [0.1, 0.15) is 58.6 Å². The molecule has 2 bridgehead atoms. The zero-order chi connectivity index (χ0) is 28.9. The van der Waals surface area contributed by atoms with E-state index in [1.165, 1.54) is 24.3 Å². The number of unbranched alkanes of at least 4 members (excludes halogenated alkanes) is 4. The largest absolute Gasteiger partial charge is 0.492 e. The van der Waals surface area contributed by atoms with Gasteiger partial charge in [0.25, 0.3) is 0 Å².